The first-order chi connectivity index (χ1) is 18.0. The largest absolute Gasteiger partial charge is 0.383 e. The van der Waals surface area contributed by atoms with Gasteiger partial charge in [0.2, 0.25) is 5.91 Å². The number of amides is 2. The summed E-state index contributed by atoms with van der Waals surface area (Å²) in [5.74, 6) is -0.758. The molecule has 190 valence electrons. The molecule has 0 saturated carbocycles. The molecule has 0 fully saturated rings. The van der Waals surface area contributed by atoms with E-state index in [9.17, 15) is 9.59 Å². The zero-order valence-electron chi connectivity index (χ0n) is 21.0. The Kier molecular flexibility index (Phi) is 7.31. The molecule has 5 rings (SSSR count). The van der Waals surface area contributed by atoms with Crippen LogP contribution in [0.15, 0.2) is 79.0 Å². The van der Waals surface area contributed by atoms with E-state index in [2.05, 4.69) is 22.0 Å². The van der Waals surface area contributed by atoms with Gasteiger partial charge < -0.3 is 19.5 Å². The summed E-state index contributed by atoms with van der Waals surface area (Å²) in [6.07, 6.45) is 2.73. The van der Waals surface area contributed by atoms with Gasteiger partial charge in [0.25, 0.3) is 5.91 Å². The lowest BCUT2D eigenvalue weighted by Gasteiger charge is -2.41. The molecule has 7 heteroatoms. The fraction of sp³-hybridized carbons (Fsp3) is 0.267. The normalized spacial score (nSPS) is 17.2. The first kappa shape index (κ1) is 25.1. The number of aromatic nitrogens is 1. The van der Waals surface area contributed by atoms with Crippen LogP contribution in [0.1, 0.15) is 39.0 Å². The summed E-state index contributed by atoms with van der Waals surface area (Å²) in [4.78, 5) is 29.5. The van der Waals surface area contributed by atoms with Crippen molar-refractivity contribution >= 4 is 34.3 Å². The van der Waals surface area contributed by atoms with E-state index in [0.717, 1.165) is 27.6 Å². The number of para-hydroxylation sites is 1. The average molecular weight is 516 g/mol. The van der Waals surface area contributed by atoms with Gasteiger partial charge in [-0.1, -0.05) is 60.1 Å². The van der Waals surface area contributed by atoms with Gasteiger partial charge in [-0.05, 0) is 41.8 Å². The number of aryl methyl sites for hydroxylation is 1. The van der Waals surface area contributed by atoms with Gasteiger partial charge in [0.05, 0.1) is 18.6 Å². The lowest BCUT2D eigenvalue weighted by Crippen LogP contribution is -2.48. The lowest BCUT2D eigenvalue weighted by molar-refractivity contribution is -0.124. The molecule has 0 bridgehead atoms. The predicted molar refractivity (Wildman–Crippen MR) is 146 cm³/mol. The zero-order chi connectivity index (χ0) is 25.9. The van der Waals surface area contributed by atoms with Crippen LogP contribution in [0.3, 0.4) is 0 Å². The number of fused-ring (bicyclic) bond motifs is 2. The number of carbonyl (C=O) groups excluding carboxylic acids is 2. The molecule has 0 spiro atoms. The van der Waals surface area contributed by atoms with Crippen molar-refractivity contribution in [3.8, 4) is 0 Å². The highest BCUT2D eigenvalue weighted by Gasteiger charge is 2.44. The molecular formula is C30H30ClN3O3. The van der Waals surface area contributed by atoms with Gasteiger partial charge in [0, 0.05) is 60.5 Å². The standard InChI is InChI=1S/C30H30ClN3O3/c1-33-19-25(22-7-5-6-10-26(22)33)28-27(29(35)32-16-15-20-11-13-21(31)14-12-20)23-8-3-4-9-24(23)30(36)34(28)17-18-37-2/h3-14,19,27-28H,15-18H2,1-2H3,(H,32,35). The maximum absolute atomic E-state index is 13.9. The van der Waals surface area contributed by atoms with Crippen LogP contribution < -0.4 is 5.32 Å². The Morgan fingerprint density at radius 2 is 1.73 bits per heavy atom. The van der Waals surface area contributed by atoms with E-state index in [1.807, 2.05) is 73.9 Å². The minimum Gasteiger partial charge on any atom is -0.383 e. The van der Waals surface area contributed by atoms with Crippen LogP contribution in [-0.2, 0) is 23.0 Å². The SMILES string of the molecule is COCCN1C(=O)c2ccccc2C(C(=O)NCCc2ccc(Cl)cc2)C1c1cn(C)c2ccccc12. The van der Waals surface area contributed by atoms with Crippen LogP contribution in [0, 0.1) is 0 Å². The molecule has 2 amide bonds. The highest BCUT2D eigenvalue weighted by molar-refractivity contribution is 6.30. The highest BCUT2D eigenvalue weighted by atomic mass is 35.5. The minimum atomic E-state index is -0.568. The fourth-order valence-electron chi connectivity index (χ4n) is 5.36. The number of nitrogens with one attached hydrogen (secondary N) is 1. The minimum absolute atomic E-state index is 0.0872. The first-order valence-corrected chi connectivity index (χ1v) is 12.8. The molecule has 0 aliphatic carbocycles. The molecule has 4 aromatic rings. The number of rotatable bonds is 8. The number of hydrogen-bond acceptors (Lipinski definition) is 3. The highest BCUT2D eigenvalue weighted by Crippen LogP contribution is 2.45. The Bertz CT molecular complexity index is 1430. The molecule has 2 atom stereocenters. The maximum atomic E-state index is 13.9. The lowest BCUT2D eigenvalue weighted by atomic mass is 9.79. The third-order valence-electron chi connectivity index (χ3n) is 7.13. The van der Waals surface area contributed by atoms with Crippen molar-refractivity contribution < 1.29 is 14.3 Å². The molecule has 3 aromatic carbocycles. The number of nitrogens with zero attached hydrogens (tertiary/aromatic N) is 2. The summed E-state index contributed by atoms with van der Waals surface area (Å²) in [5.41, 5.74) is 4.42. The molecule has 6 nitrogen and oxygen atoms in total. The van der Waals surface area contributed by atoms with Crippen molar-refractivity contribution in [2.24, 2.45) is 7.05 Å². The van der Waals surface area contributed by atoms with Gasteiger partial charge in [0.15, 0.2) is 0 Å². The van der Waals surface area contributed by atoms with Crippen LogP contribution in [0.4, 0.5) is 0 Å². The molecular weight excluding hydrogens is 486 g/mol. The number of halogens is 1. The topological polar surface area (TPSA) is 63.6 Å². The fourth-order valence-corrected chi connectivity index (χ4v) is 5.48. The van der Waals surface area contributed by atoms with Gasteiger partial charge in [-0.2, -0.15) is 0 Å². The van der Waals surface area contributed by atoms with Crippen molar-refractivity contribution in [1.29, 1.82) is 0 Å². The number of hydrogen-bond donors (Lipinski definition) is 1. The summed E-state index contributed by atoms with van der Waals surface area (Å²) in [6.45, 7) is 1.24. The Labute approximate surface area is 221 Å². The number of carbonyl (C=O) groups is 2. The number of ether oxygens (including phenoxy) is 1. The summed E-state index contributed by atoms with van der Waals surface area (Å²) in [6, 6.07) is 22.7. The average Bonchev–Trinajstić information content (AvgIpc) is 3.25. The van der Waals surface area contributed by atoms with Gasteiger partial charge in [-0.15, -0.1) is 0 Å². The third-order valence-corrected chi connectivity index (χ3v) is 7.38. The molecule has 1 aliphatic heterocycles. The predicted octanol–water partition coefficient (Wildman–Crippen LogP) is 5.12. The third kappa shape index (κ3) is 4.87. The molecule has 37 heavy (non-hydrogen) atoms. The van der Waals surface area contributed by atoms with E-state index in [1.54, 1.807) is 12.0 Å². The van der Waals surface area contributed by atoms with E-state index in [4.69, 9.17) is 16.3 Å². The molecule has 1 aliphatic rings. The molecule has 2 heterocycles. The summed E-state index contributed by atoms with van der Waals surface area (Å²) in [5, 5.41) is 4.87. The number of benzene rings is 3. The van der Waals surface area contributed by atoms with E-state index in [-0.39, 0.29) is 11.8 Å². The summed E-state index contributed by atoms with van der Waals surface area (Å²) < 4.78 is 7.42. The summed E-state index contributed by atoms with van der Waals surface area (Å²) >= 11 is 6.01. The molecule has 1 aromatic heterocycles. The number of methoxy groups -OCH3 is 1. The van der Waals surface area contributed by atoms with E-state index >= 15 is 0 Å². The molecule has 1 N–H and O–H groups in total. The van der Waals surface area contributed by atoms with Crippen molar-refractivity contribution in [2.45, 2.75) is 18.4 Å². The Hall–Kier alpha value is -3.61. The smallest absolute Gasteiger partial charge is 0.254 e. The second-order valence-corrected chi connectivity index (χ2v) is 9.82. The van der Waals surface area contributed by atoms with Gasteiger partial charge >= 0.3 is 0 Å². The van der Waals surface area contributed by atoms with Gasteiger partial charge in [-0.25, -0.2) is 0 Å². The molecule has 2 unspecified atom stereocenters. The zero-order valence-corrected chi connectivity index (χ0v) is 21.7. The van der Waals surface area contributed by atoms with Crippen LogP contribution >= 0.6 is 11.6 Å². The second kappa shape index (κ2) is 10.8. The summed E-state index contributed by atoms with van der Waals surface area (Å²) in [7, 11) is 3.61. The van der Waals surface area contributed by atoms with Crippen LogP contribution in [0.2, 0.25) is 5.02 Å². The van der Waals surface area contributed by atoms with E-state index in [1.165, 1.54) is 0 Å². The van der Waals surface area contributed by atoms with Crippen molar-refractivity contribution in [3.63, 3.8) is 0 Å². The quantitative estimate of drug-likeness (QED) is 0.354. The first-order valence-electron chi connectivity index (χ1n) is 12.4. The second-order valence-electron chi connectivity index (χ2n) is 9.38. The Balaban J connectivity index is 1.55. The maximum Gasteiger partial charge on any atom is 0.254 e. The van der Waals surface area contributed by atoms with Crippen molar-refractivity contribution in [2.75, 3.05) is 26.8 Å². The van der Waals surface area contributed by atoms with Crippen molar-refractivity contribution in [1.82, 2.24) is 14.8 Å². The van der Waals surface area contributed by atoms with Crippen molar-refractivity contribution in [3.05, 3.63) is 106 Å². The van der Waals surface area contributed by atoms with Crippen LogP contribution in [-0.4, -0.2) is 48.1 Å². The monoisotopic (exact) mass is 515 g/mol. The van der Waals surface area contributed by atoms with Crippen LogP contribution in [0.5, 0.6) is 0 Å². The Morgan fingerprint density at radius 1 is 1.00 bits per heavy atom. The Morgan fingerprint density at radius 3 is 2.51 bits per heavy atom. The van der Waals surface area contributed by atoms with Crippen LogP contribution in [0.25, 0.3) is 10.9 Å². The molecule has 0 radical (unpaired) electrons. The van der Waals surface area contributed by atoms with Gasteiger partial charge in [0.1, 0.15) is 0 Å². The van der Waals surface area contributed by atoms with E-state index < -0.39 is 12.0 Å². The molecule has 0 saturated heterocycles. The van der Waals surface area contributed by atoms with E-state index in [0.29, 0.717) is 36.7 Å². The van der Waals surface area contributed by atoms with Gasteiger partial charge in [-0.3, -0.25) is 9.59 Å².